The molecule has 1 aliphatic heterocycles. The number of hydrogen-bond acceptors (Lipinski definition) is 2. The van der Waals surface area contributed by atoms with Gasteiger partial charge in [-0.1, -0.05) is 11.6 Å². The predicted octanol–water partition coefficient (Wildman–Crippen LogP) is 3.42. The Labute approximate surface area is 133 Å². The molecule has 1 aliphatic rings. The van der Waals surface area contributed by atoms with Gasteiger partial charge in [-0.15, -0.1) is 0 Å². The Morgan fingerprint density at radius 2 is 1.86 bits per heavy atom. The smallest absolute Gasteiger partial charge is 0.336 e. The average Bonchev–Trinajstić information content (AvgIpc) is 2.37. The predicted molar refractivity (Wildman–Crippen MR) is 77.6 cm³/mol. The number of carbonyl (C=O) groups excluding carboxylic acids is 1. The van der Waals surface area contributed by atoms with E-state index in [0.29, 0.717) is 15.1 Å². The quantitative estimate of drug-likeness (QED) is 0.779. The summed E-state index contributed by atoms with van der Waals surface area (Å²) in [6.07, 6.45) is -4.20. The van der Waals surface area contributed by atoms with Crippen LogP contribution in [0.1, 0.15) is 10.4 Å². The van der Waals surface area contributed by atoms with Crippen molar-refractivity contribution >= 4 is 33.4 Å². The van der Waals surface area contributed by atoms with Crippen molar-refractivity contribution in [1.29, 1.82) is 0 Å². The number of benzene rings is 1. The molecule has 21 heavy (non-hydrogen) atoms. The van der Waals surface area contributed by atoms with E-state index in [1.165, 1.54) is 4.90 Å². The molecule has 0 aliphatic carbocycles. The molecular formula is C13H13BrClF3N2O. The summed E-state index contributed by atoms with van der Waals surface area (Å²) in [7, 11) is 0. The first-order valence-electron chi connectivity index (χ1n) is 6.30. The molecule has 1 fully saturated rings. The first-order valence-corrected chi connectivity index (χ1v) is 7.47. The molecule has 0 spiro atoms. The standard InChI is InChI=1S/C13H13BrClF3N2O/c14-11-7-9(15)1-2-10(11)12(21)20-5-3-19(4-6-20)8-13(16,17)18/h1-2,7H,3-6,8H2. The summed E-state index contributed by atoms with van der Waals surface area (Å²) in [5.41, 5.74) is 0.462. The second kappa shape index (κ2) is 6.54. The maximum atomic E-state index is 12.3. The van der Waals surface area contributed by atoms with Gasteiger partial charge in [-0.25, -0.2) is 0 Å². The van der Waals surface area contributed by atoms with Gasteiger partial charge in [0.1, 0.15) is 0 Å². The molecule has 3 nitrogen and oxygen atoms in total. The minimum atomic E-state index is -4.20. The number of hydrogen-bond donors (Lipinski definition) is 0. The average molecular weight is 386 g/mol. The minimum absolute atomic E-state index is 0.204. The third-order valence-electron chi connectivity index (χ3n) is 3.22. The van der Waals surface area contributed by atoms with Crippen LogP contribution in [-0.2, 0) is 0 Å². The van der Waals surface area contributed by atoms with Crippen LogP contribution in [0, 0.1) is 0 Å². The lowest BCUT2D eigenvalue weighted by Gasteiger charge is -2.35. The molecule has 0 aromatic heterocycles. The molecule has 1 aromatic rings. The van der Waals surface area contributed by atoms with Crippen LogP contribution in [0.2, 0.25) is 5.02 Å². The highest BCUT2D eigenvalue weighted by molar-refractivity contribution is 9.10. The molecular weight excluding hydrogens is 373 g/mol. The number of piperazine rings is 1. The van der Waals surface area contributed by atoms with Crippen molar-refractivity contribution in [2.45, 2.75) is 6.18 Å². The third kappa shape index (κ3) is 4.59. The van der Waals surface area contributed by atoms with Gasteiger partial charge in [0.15, 0.2) is 0 Å². The molecule has 0 N–H and O–H groups in total. The molecule has 0 unspecified atom stereocenters. The molecule has 116 valence electrons. The monoisotopic (exact) mass is 384 g/mol. The largest absolute Gasteiger partial charge is 0.401 e. The Hall–Kier alpha value is -0.790. The molecule has 2 rings (SSSR count). The zero-order valence-corrected chi connectivity index (χ0v) is 13.3. The van der Waals surface area contributed by atoms with Gasteiger partial charge < -0.3 is 4.90 Å². The van der Waals surface area contributed by atoms with Crippen molar-refractivity contribution < 1.29 is 18.0 Å². The summed E-state index contributed by atoms with van der Waals surface area (Å²) in [5, 5.41) is 0.508. The van der Waals surface area contributed by atoms with Gasteiger partial charge in [-0.3, -0.25) is 9.69 Å². The lowest BCUT2D eigenvalue weighted by molar-refractivity contribution is -0.148. The number of rotatable bonds is 2. The lowest BCUT2D eigenvalue weighted by Crippen LogP contribution is -2.50. The van der Waals surface area contributed by atoms with Gasteiger partial charge in [0.25, 0.3) is 5.91 Å². The fraction of sp³-hybridized carbons (Fsp3) is 0.462. The van der Waals surface area contributed by atoms with Crippen LogP contribution < -0.4 is 0 Å². The molecule has 1 saturated heterocycles. The summed E-state index contributed by atoms with van der Waals surface area (Å²) >= 11 is 9.09. The number of alkyl halides is 3. The second-order valence-electron chi connectivity index (χ2n) is 4.81. The lowest BCUT2D eigenvalue weighted by atomic mass is 10.2. The van der Waals surface area contributed by atoms with E-state index < -0.39 is 12.7 Å². The molecule has 0 radical (unpaired) electrons. The Balaban J connectivity index is 1.97. The highest BCUT2D eigenvalue weighted by Gasteiger charge is 2.33. The fourth-order valence-electron chi connectivity index (χ4n) is 2.20. The van der Waals surface area contributed by atoms with Crippen LogP contribution in [0.4, 0.5) is 13.2 Å². The van der Waals surface area contributed by atoms with E-state index >= 15 is 0 Å². The van der Waals surface area contributed by atoms with E-state index in [2.05, 4.69) is 15.9 Å². The first kappa shape index (κ1) is 16.6. The summed E-state index contributed by atoms with van der Waals surface area (Å²) in [5.74, 6) is -0.204. The van der Waals surface area contributed by atoms with E-state index in [1.807, 2.05) is 0 Å². The van der Waals surface area contributed by atoms with Crippen LogP contribution in [0.5, 0.6) is 0 Å². The number of carbonyl (C=O) groups is 1. The summed E-state index contributed by atoms with van der Waals surface area (Å²) < 4.78 is 37.5. The Morgan fingerprint density at radius 3 is 2.38 bits per heavy atom. The highest BCUT2D eigenvalue weighted by Crippen LogP contribution is 2.24. The van der Waals surface area contributed by atoms with Crippen LogP contribution in [0.25, 0.3) is 0 Å². The van der Waals surface area contributed by atoms with Gasteiger partial charge >= 0.3 is 6.18 Å². The minimum Gasteiger partial charge on any atom is -0.336 e. The highest BCUT2D eigenvalue weighted by atomic mass is 79.9. The normalized spacial score (nSPS) is 17.1. The first-order chi connectivity index (χ1) is 9.76. The van der Waals surface area contributed by atoms with E-state index in [-0.39, 0.29) is 32.1 Å². The SMILES string of the molecule is O=C(c1ccc(Cl)cc1Br)N1CCN(CC(F)(F)F)CC1. The molecule has 8 heteroatoms. The van der Waals surface area contributed by atoms with Crippen molar-refractivity contribution in [3.05, 3.63) is 33.3 Å². The van der Waals surface area contributed by atoms with Crippen molar-refractivity contribution in [3.63, 3.8) is 0 Å². The fourth-order valence-corrected chi connectivity index (χ4v) is 3.05. The van der Waals surface area contributed by atoms with Crippen LogP contribution in [0.3, 0.4) is 0 Å². The molecule has 1 aromatic carbocycles. The molecule has 1 amide bonds. The Kier molecular flexibility index (Phi) is 5.16. The van der Waals surface area contributed by atoms with E-state index in [1.54, 1.807) is 23.1 Å². The van der Waals surface area contributed by atoms with Crippen molar-refractivity contribution in [1.82, 2.24) is 9.80 Å². The van der Waals surface area contributed by atoms with Gasteiger partial charge in [0.2, 0.25) is 0 Å². The Morgan fingerprint density at radius 1 is 1.24 bits per heavy atom. The van der Waals surface area contributed by atoms with Gasteiger partial charge in [0, 0.05) is 35.7 Å². The zero-order chi connectivity index (χ0) is 15.6. The van der Waals surface area contributed by atoms with Crippen molar-refractivity contribution in [2.75, 3.05) is 32.7 Å². The van der Waals surface area contributed by atoms with Crippen LogP contribution >= 0.6 is 27.5 Å². The van der Waals surface area contributed by atoms with Gasteiger partial charge in [-0.05, 0) is 34.1 Å². The third-order valence-corrected chi connectivity index (χ3v) is 4.12. The molecule has 0 atom stereocenters. The van der Waals surface area contributed by atoms with Crippen LogP contribution in [-0.4, -0.2) is 54.6 Å². The molecule has 0 bridgehead atoms. The van der Waals surface area contributed by atoms with E-state index in [9.17, 15) is 18.0 Å². The Bertz CT molecular complexity index is 531. The zero-order valence-electron chi connectivity index (χ0n) is 11.0. The van der Waals surface area contributed by atoms with Crippen LogP contribution in [0.15, 0.2) is 22.7 Å². The van der Waals surface area contributed by atoms with Gasteiger partial charge in [0.05, 0.1) is 12.1 Å². The van der Waals surface area contributed by atoms with Gasteiger partial charge in [-0.2, -0.15) is 13.2 Å². The number of nitrogens with zero attached hydrogens (tertiary/aromatic N) is 2. The maximum absolute atomic E-state index is 12.3. The van der Waals surface area contributed by atoms with E-state index in [0.717, 1.165) is 0 Å². The summed E-state index contributed by atoms with van der Waals surface area (Å²) in [4.78, 5) is 15.2. The number of halogens is 5. The molecule has 1 heterocycles. The second-order valence-corrected chi connectivity index (χ2v) is 6.10. The summed E-state index contributed by atoms with van der Waals surface area (Å²) in [6, 6.07) is 4.84. The number of amides is 1. The molecule has 0 saturated carbocycles. The summed E-state index contributed by atoms with van der Waals surface area (Å²) in [6.45, 7) is 0.0700. The topological polar surface area (TPSA) is 23.6 Å². The van der Waals surface area contributed by atoms with Crippen molar-refractivity contribution in [3.8, 4) is 0 Å². The van der Waals surface area contributed by atoms with E-state index in [4.69, 9.17) is 11.6 Å². The van der Waals surface area contributed by atoms with Crippen molar-refractivity contribution in [2.24, 2.45) is 0 Å². The maximum Gasteiger partial charge on any atom is 0.401 e.